The molecule has 1 aliphatic carbocycles. The minimum absolute atomic E-state index is 0.00340. The van der Waals surface area contributed by atoms with Crippen LogP contribution in [0.2, 0.25) is 0 Å². The number of nitriles is 1. The van der Waals surface area contributed by atoms with E-state index >= 15 is 0 Å². The average molecular weight is 253 g/mol. The molecule has 0 radical (unpaired) electrons. The van der Waals surface area contributed by atoms with Crippen LogP contribution in [-0.2, 0) is 4.74 Å². The van der Waals surface area contributed by atoms with E-state index < -0.39 is 5.60 Å². The summed E-state index contributed by atoms with van der Waals surface area (Å²) in [5.74, 6) is 0. The largest absolute Gasteiger partial charge is 0.394 e. The lowest BCUT2D eigenvalue weighted by Crippen LogP contribution is -2.32. The number of nitrogens with zero attached hydrogens (tertiary/aromatic N) is 1. The molecule has 1 fully saturated rings. The summed E-state index contributed by atoms with van der Waals surface area (Å²) in [4.78, 5) is 0. The van der Waals surface area contributed by atoms with Crippen LogP contribution in [-0.4, -0.2) is 23.9 Å². The molecular formula is C15H27NO2. The number of ether oxygens (including phenoxy) is 1. The molecule has 1 N–H and O–H groups in total. The standard InChI is InChI=1S/C15H27NO2/c16-14-15(18-13-12-17)10-8-6-4-2-1-3-5-7-9-11-15/h17H,1-13H2. The number of aliphatic hydroxyl groups is 1. The van der Waals surface area contributed by atoms with E-state index in [2.05, 4.69) is 6.07 Å². The quantitative estimate of drug-likeness (QED) is 0.836. The van der Waals surface area contributed by atoms with Crippen LogP contribution >= 0.6 is 0 Å². The van der Waals surface area contributed by atoms with Crippen molar-refractivity contribution in [2.24, 2.45) is 0 Å². The summed E-state index contributed by atoms with van der Waals surface area (Å²) in [6, 6.07) is 2.37. The third kappa shape index (κ3) is 5.84. The molecule has 0 aromatic heterocycles. The third-order valence-electron chi connectivity index (χ3n) is 3.83. The minimum atomic E-state index is -0.637. The van der Waals surface area contributed by atoms with Gasteiger partial charge in [-0.25, -0.2) is 0 Å². The highest BCUT2D eigenvalue weighted by atomic mass is 16.5. The van der Waals surface area contributed by atoms with Crippen LogP contribution in [0, 0.1) is 11.3 Å². The Hall–Kier alpha value is -0.590. The Morgan fingerprint density at radius 3 is 1.72 bits per heavy atom. The monoisotopic (exact) mass is 253 g/mol. The highest BCUT2D eigenvalue weighted by Crippen LogP contribution is 2.27. The van der Waals surface area contributed by atoms with Gasteiger partial charge in [0.25, 0.3) is 0 Å². The molecule has 18 heavy (non-hydrogen) atoms. The zero-order valence-corrected chi connectivity index (χ0v) is 11.5. The lowest BCUT2D eigenvalue weighted by atomic mass is 9.89. The fourth-order valence-electron chi connectivity index (χ4n) is 2.71. The Labute approximate surface area is 111 Å². The van der Waals surface area contributed by atoms with Crippen molar-refractivity contribution in [2.75, 3.05) is 13.2 Å². The van der Waals surface area contributed by atoms with E-state index in [0.717, 1.165) is 25.7 Å². The Balaban J connectivity index is 2.50. The highest BCUT2D eigenvalue weighted by molar-refractivity contribution is 5.01. The Morgan fingerprint density at radius 1 is 0.889 bits per heavy atom. The smallest absolute Gasteiger partial charge is 0.154 e. The van der Waals surface area contributed by atoms with Crippen LogP contribution in [0.25, 0.3) is 0 Å². The number of aliphatic hydroxyl groups excluding tert-OH is 1. The molecule has 0 amide bonds. The second-order valence-electron chi connectivity index (χ2n) is 5.36. The van der Waals surface area contributed by atoms with Crippen LogP contribution in [0.4, 0.5) is 0 Å². The molecule has 0 spiro atoms. The first-order chi connectivity index (χ1) is 8.83. The zero-order chi connectivity index (χ0) is 13.1. The van der Waals surface area contributed by atoms with Crippen LogP contribution in [0.15, 0.2) is 0 Å². The molecular weight excluding hydrogens is 226 g/mol. The van der Waals surface area contributed by atoms with E-state index in [1.165, 1.54) is 44.9 Å². The first kappa shape index (κ1) is 15.5. The second-order valence-corrected chi connectivity index (χ2v) is 5.36. The molecule has 104 valence electrons. The molecule has 0 saturated heterocycles. The van der Waals surface area contributed by atoms with Gasteiger partial charge in [-0.1, -0.05) is 44.9 Å². The van der Waals surface area contributed by atoms with E-state index in [1.54, 1.807) is 0 Å². The van der Waals surface area contributed by atoms with E-state index in [0.29, 0.717) is 0 Å². The lowest BCUT2D eigenvalue weighted by molar-refractivity contribution is -0.0328. The maximum atomic E-state index is 9.42. The van der Waals surface area contributed by atoms with Crippen molar-refractivity contribution >= 4 is 0 Å². The fraction of sp³-hybridized carbons (Fsp3) is 0.933. The summed E-state index contributed by atoms with van der Waals surface area (Å²) in [5.41, 5.74) is -0.637. The Morgan fingerprint density at radius 2 is 1.33 bits per heavy atom. The summed E-state index contributed by atoms with van der Waals surface area (Å²) in [6.07, 6.45) is 12.8. The van der Waals surface area contributed by atoms with Gasteiger partial charge >= 0.3 is 0 Å². The molecule has 3 heteroatoms. The normalized spacial score (nSPS) is 22.4. The van der Waals surface area contributed by atoms with Crippen molar-refractivity contribution in [2.45, 2.75) is 76.2 Å². The molecule has 0 unspecified atom stereocenters. The minimum Gasteiger partial charge on any atom is -0.394 e. The summed E-state index contributed by atoms with van der Waals surface area (Å²) >= 11 is 0. The maximum Gasteiger partial charge on any atom is 0.154 e. The molecule has 1 saturated carbocycles. The number of hydrogen-bond donors (Lipinski definition) is 1. The van der Waals surface area contributed by atoms with Gasteiger partial charge in [-0.05, 0) is 25.7 Å². The van der Waals surface area contributed by atoms with Gasteiger partial charge in [0, 0.05) is 0 Å². The fourth-order valence-corrected chi connectivity index (χ4v) is 2.71. The SMILES string of the molecule is N#CC1(OCCO)CCCCCCCCCCC1. The molecule has 0 aromatic rings. The van der Waals surface area contributed by atoms with Gasteiger partial charge in [0.15, 0.2) is 5.60 Å². The zero-order valence-electron chi connectivity index (χ0n) is 11.5. The number of rotatable bonds is 3. The van der Waals surface area contributed by atoms with Crippen LogP contribution in [0.5, 0.6) is 0 Å². The van der Waals surface area contributed by atoms with Gasteiger partial charge in [-0.15, -0.1) is 0 Å². The van der Waals surface area contributed by atoms with Crippen molar-refractivity contribution in [3.05, 3.63) is 0 Å². The molecule has 1 aliphatic rings. The van der Waals surface area contributed by atoms with Gasteiger partial charge in [-0.3, -0.25) is 0 Å². The first-order valence-electron chi connectivity index (χ1n) is 7.49. The van der Waals surface area contributed by atoms with E-state index in [9.17, 15) is 5.26 Å². The predicted molar refractivity (Wildman–Crippen MR) is 72.2 cm³/mol. The lowest BCUT2D eigenvalue weighted by Gasteiger charge is -2.27. The molecule has 1 rings (SSSR count). The summed E-state index contributed by atoms with van der Waals surface area (Å²) in [6.45, 7) is 0.289. The van der Waals surface area contributed by atoms with Gasteiger partial charge in [0.05, 0.1) is 19.3 Å². The van der Waals surface area contributed by atoms with Crippen molar-refractivity contribution in [3.63, 3.8) is 0 Å². The van der Waals surface area contributed by atoms with Gasteiger partial charge < -0.3 is 9.84 Å². The maximum absolute atomic E-state index is 9.42. The topological polar surface area (TPSA) is 53.2 Å². The first-order valence-corrected chi connectivity index (χ1v) is 7.49. The van der Waals surface area contributed by atoms with Crippen molar-refractivity contribution in [1.29, 1.82) is 5.26 Å². The predicted octanol–water partition coefficient (Wildman–Crippen LogP) is 3.56. The molecule has 0 heterocycles. The van der Waals surface area contributed by atoms with E-state index in [1.807, 2.05) is 0 Å². The van der Waals surface area contributed by atoms with Gasteiger partial charge in [-0.2, -0.15) is 5.26 Å². The number of hydrogen-bond acceptors (Lipinski definition) is 3. The summed E-state index contributed by atoms with van der Waals surface area (Å²) < 4.78 is 5.66. The molecule has 0 aliphatic heterocycles. The highest BCUT2D eigenvalue weighted by Gasteiger charge is 2.29. The molecule has 0 atom stereocenters. The summed E-state index contributed by atoms with van der Waals surface area (Å²) in [5, 5.41) is 18.3. The van der Waals surface area contributed by atoms with Crippen molar-refractivity contribution < 1.29 is 9.84 Å². The van der Waals surface area contributed by atoms with Crippen molar-refractivity contribution in [3.8, 4) is 6.07 Å². The van der Waals surface area contributed by atoms with Crippen LogP contribution in [0.3, 0.4) is 0 Å². The van der Waals surface area contributed by atoms with Crippen molar-refractivity contribution in [1.82, 2.24) is 0 Å². The van der Waals surface area contributed by atoms with Gasteiger partial charge in [0.2, 0.25) is 0 Å². The molecule has 0 bridgehead atoms. The van der Waals surface area contributed by atoms with E-state index in [-0.39, 0.29) is 13.2 Å². The third-order valence-corrected chi connectivity index (χ3v) is 3.83. The Bertz CT molecular complexity index is 235. The van der Waals surface area contributed by atoms with Crippen LogP contribution < -0.4 is 0 Å². The van der Waals surface area contributed by atoms with Gasteiger partial charge in [0.1, 0.15) is 0 Å². The molecule has 3 nitrogen and oxygen atoms in total. The summed E-state index contributed by atoms with van der Waals surface area (Å²) in [7, 11) is 0. The second kappa shape index (κ2) is 9.35. The molecule has 0 aromatic carbocycles. The Kier molecular flexibility index (Phi) is 8.04. The average Bonchev–Trinajstić information content (AvgIpc) is 2.39. The van der Waals surface area contributed by atoms with Crippen LogP contribution in [0.1, 0.15) is 70.6 Å². The van der Waals surface area contributed by atoms with E-state index in [4.69, 9.17) is 9.84 Å².